The van der Waals surface area contributed by atoms with Crippen molar-refractivity contribution in [1.82, 2.24) is 15.2 Å². The van der Waals surface area contributed by atoms with Gasteiger partial charge in [-0.1, -0.05) is 12.1 Å². The smallest absolute Gasteiger partial charge is 0.292 e. The summed E-state index contributed by atoms with van der Waals surface area (Å²) < 4.78 is 0. The Morgan fingerprint density at radius 1 is 1.38 bits per heavy atom. The number of rotatable bonds is 7. The molecule has 0 spiro atoms. The molecule has 142 valence electrons. The summed E-state index contributed by atoms with van der Waals surface area (Å²) in [4.78, 5) is 21.3. The van der Waals surface area contributed by atoms with E-state index in [0.717, 1.165) is 16.7 Å². The van der Waals surface area contributed by atoms with Crippen molar-refractivity contribution in [1.29, 1.82) is 0 Å². The molecule has 0 saturated heterocycles. The van der Waals surface area contributed by atoms with Crippen LogP contribution in [0.5, 0.6) is 0 Å². The lowest BCUT2D eigenvalue weighted by atomic mass is 10.2. The molecule has 2 aromatic rings. The van der Waals surface area contributed by atoms with Crippen LogP contribution in [0.25, 0.3) is 0 Å². The van der Waals surface area contributed by atoms with Crippen molar-refractivity contribution in [2.75, 3.05) is 32.5 Å². The molecule has 0 aliphatic heterocycles. The summed E-state index contributed by atoms with van der Waals surface area (Å²) in [6, 6.07) is 6.60. The molecule has 0 aliphatic carbocycles. The third kappa shape index (κ3) is 6.41. The first-order valence-electron chi connectivity index (χ1n) is 7.81. The quantitative estimate of drug-likeness (QED) is 0.155. The van der Waals surface area contributed by atoms with Gasteiger partial charge in [0.05, 0.1) is 22.2 Å². The van der Waals surface area contributed by atoms with Gasteiger partial charge in [-0.05, 0) is 13.0 Å². The molecule has 2 rings (SSSR count). The normalized spacial score (nSPS) is 10.8. The molecule has 0 radical (unpaired) electrons. The second kappa shape index (κ2) is 10.9. The zero-order valence-electron chi connectivity index (χ0n) is 14.9. The van der Waals surface area contributed by atoms with E-state index >= 15 is 0 Å². The number of nitro groups is 1. The highest BCUT2D eigenvalue weighted by Gasteiger charge is 2.12. The van der Waals surface area contributed by atoms with Crippen LogP contribution in [-0.4, -0.2) is 48.0 Å². The topological polar surface area (TPSA) is 95.7 Å². The number of guanidine groups is 1. The van der Waals surface area contributed by atoms with Crippen molar-refractivity contribution in [2.45, 2.75) is 13.5 Å². The fourth-order valence-electron chi connectivity index (χ4n) is 2.34. The second-order valence-corrected chi connectivity index (χ2v) is 6.45. The van der Waals surface area contributed by atoms with Crippen molar-refractivity contribution in [3.63, 3.8) is 0 Å². The number of hydrogen-bond acceptors (Lipinski definition) is 6. The summed E-state index contributed by atoms with van der Waals surface area (Å²) in [5, 5.41) is 20.4. The van der Waals surface area contributed by atoms with Crippen molar-refractivity contribution in [3.8, 4) is 0 Å². The molecular weight excluding hydrogens is 467 g/mol. The molecule has 26 heavy (non-hydrogen) atoms. The highest BCUT2D eigenvalue weighted by molar-refractivity contribution is 14.0. The Bertz CT molecular complexity index is 752. The highest BCUT2D eigenvalue weighted by atomic mass is 127. The predicted molar refractivity (Wildman–Crippen MR) is 117 cm³/mol. The lowest BCUT2D eigenvalue weighted by molar-refractivity contribution is -0.384. The van der Waals surface area contributed by atoms with Crippen LogP contribution in [0.4, 0.5) is 11.4 Å². The average Bonchev–Trinajstić information content (AvgIpc) is 2.99. The van der Waals surface area contributed by atoms with E-state index in [1.165, 1.54) is 6.07 Å². The Labute approximate surface area is 173 Å². The van der Waals surface area contributed by atoms with Gasteiger partial charge in [-0.15, -0.1) is 35.3 Å². The molecule has 0 saturated carbocycles. The SMILES string of the molecule is CN=C(NCCNc1ccccc1[N+](=O)[O-])N(C)Cc1csc(C)n1.I. The van der Waals surface area contributed by atoms with Crippen LogP contribution in [0.15, 0.2) is 34.6 Å². The van der Waals surface area contributed by atoms with Crippen molar-refractivity contribution < 1.29 is 4.92 Å². The van der Waals surface area contributed by atoms with Crippen LogP contribution in [0, 0.1) is 17.0 Å². The molecule has 0 atom stereocenters. The minimum absolute atomic E-state index is 0. The summed E-state index contributed by atoms with van der Waals surface area (Å²) in [7, 11) is 3.67. The molecule has 8 nitrogen and oxygen atoms in total. The number of nitro benzene ring substituents is 1. The van der Waals surface area contributed by atoms with Gasteiger partial charge in [-0.25, -0.2) is 4.98 Å². The zero-order valence-corrected chi connectivity index (χ0v) is 18.1. The summed E-state index contributed by atoms with van der Waals surface area (Å²) in [6.07, 6.45) is 0. The van der Waals surface area contributed by atoms with Crippen LogP contribution in [-0.2, 0) is 6.54 Å². The van der Waals surface area contributed by atoms with Gasteiger partial charge in [-0.3, -0.25) is 15.1 Å². The van der Waals surface area contributed by atoms with Crippen LogP contribution < -0.4 is 10.6 Å². The largest absolute Gasteiger partial charge is 0.378 e. The van der Waals surface area contributed by atoms with Crippen LogP contribution >= 0.6 is 35.3 Å². The summed E-state index contributed by atoms with van der Waals surface area (Å²) >= 11 is 1.63. The van der Waals surface area contributed by atoms with Gasteiger partial charge in [-0.2, -0.15) is 0 Å². The third-order valence-electron chi connectivity index (χ3n) is 3.46. The van der Waals surface area contributed by atoms with Crippen molar-refractivity contribution in [3.05, 3.63) is 50.5 Å². The van der Waals surface area contributed by atoms with Crippen LogP contribution in [0.2, 0.25) is 0 Å². The number of aryl methyl sites for hydroxylation is 1. The van der Waals surface area contributed by atoms with Crippen molar-refractivity contribution >= 4 is 52.6 Å². The van der Waals surface area contributed by atoms with E-state index in [-0.39, 0.29) is 29.7 Å². The molecule has 0 fully saturated rings. The van der Waals surface area contributed by atoms with E-state index in [0.29, 0.717) is 25.3 Å². The van der Waals surface area contributed by atoms with Gasteiger partial charge >= 0.3 is 0 Å². The summed E-state index contributed by atoms with van der Waals surface area (Å²) in [5.41, 5.74) is 1.59. The van der Waals surface area contributed by atoms with Crippen LogP contribution in [0.3, 0.4) is 0 Å². The molecule has 0 bridgehead atoms. The number of para-hydroxylation sites is 2. The maximum Gasteiger partial charge on any atom is 0.292 e. The van der Waals surface area contributed by atoms with Gasteiger partial charge < -0.3 is 15.5 Å². The average molecular weight is 490 g/mol. The number of thiazole rings is 1. The zero-order chi connectivity index (χ0) is 18.2. The summed E-state index contributed by atoms with van der Waals surface area (Å²) in [5.74, 6) is 0.745. The third-order valence-corrected chi connectivity index (χ3v) is 4.29. The Kier molecular flexibility index (Phi) is 9.27. The number of hydrogen-bond donors (Lipinski definition) is 2. The van der Waals surface area contributed by atoms with Crippen LogP contribution in [0.1, 0.15) is 10.7 Å². The van der Waals surface area contributed by atoms with Gasteiger partial charge in [0.25, 0.3) is 5.69 Å². The highest BCUT2D eigenvalue weighted by Crippen LogP contribution is 2.22. The van der Waals surface area contributed by atoms with E-state index in [9.17, 15) is 10.1 Å². The van der Waals surface area contributed by atoms with Gasteiger partial charge in [0.1, 0.15) is 5.69 Å². The molecule has 1 aromatic heterocycles. The molecule has 10 heteroatoms. The van der Waals surface area contributed by atoms with E-state index in [4.69, 9.17) is 0 Å². The first-order chi connectivity index (χ1) is 12.0. The fraction of sp³-hybridized carbons (Fsp3) is 0.375. The monoisotopic (exact) mass is 490 g/mol. The lowest BCUT2D eigenvalue weighted by Crippen LogP contribution is -2.40. The fourth-order valence-corrected chi connectivity index (χ4v) is 2.94. The van der Waals surface area contributed by atoms with E-state index < -0.39 is 4.92 Å². The number of halogens is 1. The van der Waals surface area contributed by atoms with Gasteiger partial charge in [0.15, 0.2) is 5.96 Å². The summed E-state index contributed by atoms with van der Waals surface area (Å²) in [6.45, 7) is 3.77. The first-order valence-corrected chi connectivity index (χ1v) is 8.69. The molecular formula is C16H23IN6O2S. The Morgan fingerprint density at radius 2 is 2.12 bits per heavy atom. The number of nitrogens with zero attached hydrogens (tertiary/aromatic N) is 4. The standard InChI is InChI=1S/C16H22N6O2S.HI/c1-12-20-13(11-25-12)10-21(3)16(17-2)19-9-8-18-14-6-4-5-7-15(14)22(23)24;/h4-7,11,18H,8-10H2,1-3H3,(H,17,19);1H. The number of aromatic nitrogens is 1. The Balaban J connectivity index is 0.00000338. The molecule has 0 unspecified atom stereocenters. The van der Waals surface area contributed by atoms with Gasteiger partial charge in [0.2, 0.25) is 0 Å². The second-order valence-electron chi connectivity index (χ2n) is 5.39. The van der Waals surface area contributed by atoms with Crippen molar-refractivity contribution in [2.24, 2.45) is 4.99 Å². The number of anilines is 1. The van der Waals surface area contributed by atoms with Gasteiger partial charge in [0, 0.05) is 38.6 Å². The first kappa shape index (κ1) is 22.1. The number of nitrogens with one attached hydrogen (secondary N) is 2. The molecule has 1 heterocycles. The van der Waals surface area contributed by atoms with E-state index in [1.807, 2.05) is 24.3 Å². The molecule has 1 aromatic carbocycles. The minimum Gasteiger partial charge on any atom is -0.378 e. The minimum atomic E-state index is -0.391. The van der Waals surface area contributed by atoms with E-state index in [1.54, 1.807) is 36.6 Å². The number of aliphatic imine (C=N–C) groups is 1. The molecule has 0 amide bonds. The Morgan fingerprint density at radius 3 is 2.73 bits per heavy atom. The predicted octanol–water partition coefficient (Wildman–Crippen LogP) is 3.10. The molecule has 2 N–H and O–H groups in total. The van der Waals surface area contributed by atoms with E-state index in [2.05, 4.69) is 20.6 Å². The number of benzene rings is 1. The molecule has 0 aliphatic rings. The maximum absolute atomic E-state index is 11.0. The lowest BCUT2D eigenvalue weighted by Gasteiger charge is -2.21. The Hall–Kier alpha value is -1.95. The maximum atomic E-state index is 11.0.